The van der Waals surface area contributed by atoms with E-state index in [4.69, 9.17) is 9.84 Å². The number of aromatic nitrogens is 2. The van der Waals surface area contributed by atoms with E-state index in [1.807, 2.05) is 0 Å². The van der Waals surface area contributed by atoms with Gasteiger partial charge < -0.3 is 14.7 Å². The Morgan fingerprint density at radius 1 is 1.50 bits per heavy atom. The van der Waals surface area contributed by atoms with Gasteiger partial charge in [0, 0.05) is 12.1 Å². The van der Waals surface area contributed by atoms with E-state index in [2.05, 4.69) is 9.97 Å². The van der Waals surface area contributed by atoms with Crippen molar-refractivity contribution in [3.05, 3.63) is 17.1 Å². The van der Waals surface area contributed by atoms with E-state index >= 15 is 0 Å². The van der Waals surface area contributed by atoms with Crippen LogP contribution in [0.5, 0.6) is 5.88 Å². The number of fused-ring (bicyclic) bond motifs is 1. The summed E-state index contributed by atoms with van der Waals surface area (Å²) in [5.74, 6) is 1.16. The molecule has 0 atom stereocenters. The fraction of sp³-hybridized carbons (Fsp3) is 0.500. The molecule has 2 heterocycles. The number of methoxy groups -OCH3 is 1. The van der Waals surface area contributed by atoms with Gasteiger partial charge in [-0.3, -0.25) is 0 Å². The number of aryl methyl sites for hydroxylation is 1. The Morgan fingerprint density at radius 3 is 2.88 bits per heavy atom. The van der Waals surface area contributed by atoms with Crippen molar-refractivity contribution in [2.45, 2.75) is 19.9 Å². The highest BCUT2D eigenvalue weighted by Crippen LogP contribution is 2.24. The highest BCUT2D eigenvalue weighted by molar-refractivity contribution is 5.65. The minimum absolute atomic E-state index is 0.310. The Hall–Kier alpha value is -1.85. The first-order valence-electron chi connectivity index (χ1n) is 5.00. The summed E-state index contributed by atoms with van der Waals surface area (Å²) >= 11 is 0. The zero-order valence-electron chi connectivity index (χ0n) is 9.23. The third kappa shape index (κ3) is 1.78. The average Bonchev–Trinajstić information content (AvgIpc) is 2.26. The standard InChI is InChI=1S/C10H13N3O3/c1-6-11-8-5-13(10(14)15)4-3-7(8)9(12-6)16-2/h3-5H2,1-2H3,(H,14,15). The molecule has 1 aliphatic rings. The van der Waals surface area contributed by atoms with Gasteiger partial charge in [0.1, 0.15) is 5.82 Å². The van der Waals surface area contributed by atoms with Gasteiger partial charge in [0.15, 0.2) is 0 Å². The smallest absolute Gasteiger partial charge is 0.407 e. The summed E-state index contributed by atoms with van der Waals surface area (Å²) in [6.07, 6.45) is -0.314. The van der Waals surface area contributed by atoms with E-state index < -0.39 is 6.09 Å². The molecule has 1 aromatic rings. The molecule has 6 nitrogen and oxygen atoms in total. The number of hydrogen-bond donors (Lipinski definition) is 1. The number of amides is 1. The predicted molar refractivity (Wildman–Crippen MR) is 55.5 cm³/mol. The topological polar surface area (TPSA) is 75.6 Å². The quantitative estimate of drug-likeness (QED) is 0.763. The predicted octanol–water partition coefficient (Wildman–Crippen LogP) is 0.830. The van der Waals surface area contributed by atoms with Crippen LogP contribution in [0.1, 0.15) is 17.1 Å². The van der Waals surface area contributed by atoms with Gasteiger partial charge in [0.05, 0.1) is 19.3 Å². The molecule has 1 aromatic heterocycles. The van der Waals surface area contributed by atoms with Crippen molar-refractivity contribution in [3.63, 3.8) is 0 Å². The molecule has 0 saturated carbocycles. The lowest BCUT2D eigenvalue weighted by atomic mass is 10.1. The number of carbonyl (C=O) groups is 1. The monoisotopic (exact) mass is 223 g/mol. The molecule has 1 amide bonds. The van der Waals surface area contributed by atoms with E-state index in [1.165, 1.54) is 4.90 Å². The van der Waals surface area contributed by atoms with Crippen LogP contribution in [0.25, 0.3) is 0 Å². The number of rotatable bonds is 1. The summed E-state index contributed by atoms with van der Waals surface area (Å²) < 4.78 is 5.17. The Balaban J connectivity index is 2.38. The van der Waals surface area contributed by atoms with Gasteiger partial charge in [-0.1, -0.05) is 0 Å². The molecule has 0 spiro atoms. The lowest BCUT2D eigenvalue weighted by Gasteiger charge is -2.26. The summed E-state index contributed by atoms with van der Waals surface area (Å²) in [5.41, 5.74) is 1.67. The van der Waals surface area contributed by atoms with Gasteiger partial charge in [0.25, 0.3) is 0 Å². The van der Waals surface area contributed by atoms with Crippen molar-refractivity contribution in [2.24, 2.45) is 0 Å². The van der Waals surface area contributed by atoms with Gasteiger partial charge in [-0.2, -0.15) is 4.98 Å². The Bertz CT molecular complexity index is 434. The molecule has 0 unspecified atom stereocenters. The second-order valence-electron chi connectivity index (χ2n) is 3.66. The number of carboxylic acid groups (broad SMARTS) is 1. The minimum atomic E-state index is -0.916. The second-order valence-corrected chi connectivity index (χ2v) is 3.66. The summed E-state index contributed by atoms with van der Waals surface area (Å²) in [7, 11) is 1.56. The van der Waals surface area contributed by atoms with E-state index in [1.54, 1.807) is 14.0 Å². The van der Waals surface area contributed by atoms with Gasteiger partial charge in [-0.05, 0) is 13.3 Å². The van der Waals surface area contributed by atoms with Crippen molar-refractivity contribution >= 4 is 6.09 Å². The molecule has 0 saturated heterocycles. The molecule has 1 N–H and O–H groups in total. The van der Waals surface area contributed by atoms with Crippen LogP contribution in [0, 0.1) is 6.92 Å². The SMILES string of the molecule is COc1nc(C)nc2c1CCN(C(=O)O)C2. The Kier molecular flexibility index (Phi) is 2.64. The van der Waals surface area contributed by atoms with Gasteiger partial charge in [-0.15, -0.1) is 0 Å². The first-order valence-corrected chi connectivity index (χ1v) is 5.00. The highest BCUT2D eigenvalue weighted by atomic mass is 16.5. The second kappa shape index (κ2) is 3.96. The van der Waals surface area contributed by atoms with Crippen LogP contribution in [0.3, 0.4) is 0 Å². The van der Waals surface area contributed by atoms with Crippen LogP contribution in [0.4, 0.5) is 4.79 Å². The zero-order chi connectivity index (χ0) is 11.7. The lowest BCUT2D eigenvalue weighted by Crippen LogP contribution is -2.35. The van der Waals surface area contributed by atoms with Gasteiger partial charge >= 0.3 is 6.09 Å². The number of hydrogen-bond acceptors (Lipinski definition) is 4. The van der Waals surface area contributed by atoms with Crippen LogP contribution in [-0.2, 0) is 13.0 Å². The molecule has 6 heteroatoms. The maximum absolute atomic E-state index is 10.9. The van der Waals surface area contributed by atoms with Crippen LogP contribution in [0.15, 0.2) is 0 Å². The van der Waals surface area contributed by atoms with Crippen molar-refractivity contribution in [3.8, 4) is 5.88 Å². The third-order valence-electron chi connectivity index (χ3n) is 2.60. The Morgan fingerprint density at radius 2 is 2.25 bits per heavy atom. The minimum Gasteiger partial charge on any atom is -0.481 e. The highest BCUT2D eigenvalue weighted by Gasteiger charge is 2.24. The number of ether oxygens (including phenoxy) is 1. The zero-order valence-corrected chi connectivity index (χ0v) is 9.23. The van der Waals surface area contributed by atoms with E-state index in [0.29, 0.717) is 31.2 Å². The maximum atomic E-state index is 10.9. The van der Waals surface area contributed by atoms with Crippen molar-refractivity contribution in [1.82, 2.24) is 14.9 Å². The van der Waals surface area contributed by atoms with Crippen molar-refractivity contribution < 1.29 is 14.6 Å². The van der Waals surface area contributed by atoms with Crippen LogP contribution in [0.2, 0.25) is 0 Å². The third-order valence-corrected chi connectivity index (χ3v) is 2.60. The fourth-order valence-electron chi connectivity index (χ4n) is 1.85. The average molecular weight is 223 g/mol. The summed E-state index contributed by atoms with van der Waals surface area (Å²) in [6.45, 7) is 2.54. The molecule has 0 aromatic carbocycles. The van der Waals surface area contributed by atoms with E-state index in [9.17, 15) is 4.79 Å². The first-order chi connectivity index (χ1) is 7.61. The van der Waals surface area contributed by atoms with Crippen LogP contribution < -0.4 is 4.74 Å². The van der Waals surface area contributed by atoms with Gasteiger partial charge in [-0.25, -0.2) is 9.78 Å². The first kappa shape index (κ1) is 10.7. The molecule has 0 fully saturated rings. The maximum Gasteiger partial charge on any atom is 0.407 e. The molecule has 0 bridgehead atoms. The largest absolute Gasteiger partial charge is 0.481 e. The van der Waals surface area contributed by atoms with E-state index in [0.717, 1.165) is 11.3 Å². The lowest BCUT2D eigenvalue weighted by molar-refractivity contribution is 0.138. The molecule has 2 rings (SSSR count). The molecule has 16 heavy (non-hydrogen) atoms. The fourth-order valence-corrected chi connectivity index (χ4v) is 1.85. The molecule has 86 valence electrons. The van der Waals surface area contributed by atoms with Crippen LogP contribution >= 0.6 is 0 Å². The number of nitrogens with zero attached hydrogens (tertiary/aromatic N) is 3. The molecular weight excluding hydrogens is 210 g/mol. The summed E-state index contributed by atoms with van der Waals surface area (Å²) in [4.78, 5) is 20.6. The summed E-state index contributed by atoms with van der Waals surface area (Å²) in [5, 5.41) is 8.91. The molecule has 0 radical (unpaired) electrons. The van der Waals surface area contributed by atoms with Gasteiger partial charge in [0.2, 0.25) is 5.88 Å². The molecule has 0 aliphatic carbocycles. The van der Waals surface area contributed by atoms with Crippen LogP contribution in [-0.4, -0.2) is 39.7 Å². The van der Waals surface area contributed by atoms with Crippen molar-refractivity contribution in [1.29, 1.82) is 0 Å². The Labute approximate surface area is 92.9 Å². The normalized spacial score (nSPS) is 14.5. The molecule has 1 aliphatic heterocycles. The van der Waals surface area contributed by atoms with E-state index in [-0.39, 0.29) is 0 Å². The summed E-state index contributed by atoms with van der Waals surface area (Å²) in [6, 6.07) is 0. The van der Waals surface area contributed by atoms with Crippen molar-refractivity contribution in [2.75, 3.05) is 13.7 Å². The molecular formula is C10H13N3O3.